The lowest BCUT2D eigenvalue weighted by atomic mass is 10.1. The van der Waals surface area contributed by atoms with Gasteiger partial charge in [-0.3, -0.25) is 9.78 Å². The van der Waals surface area contributed by atoms with Crippen molar-refractivity contribution in [2.75, 3.05) is 0 Å². The monoisotopic (exact) mass is 358 g/mol. The summed E-state index contributed by atoms with van der Waals surface area (Å²) in [4.78, 5) is 20.2. The zero-order chi connectivity index (χ0) is 18.5. The maximum absolute atomic E-state index is 13.7. The number of aryl methyl sites for hydroxylation is 1. The second kappa shape index (κ2) is 7.81. The lowest BCUT2D eigenvalue weighted by Crippen LogP contribution is -2.27. The van der Waals surface area contributed by atoms with Crippen molar-refractivity contribution in [2.45, 2.75) is 25.8 Å². The van der Waals surface area contributed by atoms with Crippen molar-refractivity contribution in [1.82, 2.24) is 20.4 Å². The third-order valence-electron chi connectivity index (χ3n) is 3.78. The van der Waals surface area contributed by atoms with E-state index in [1.165, 1.54) is 6.07 Å². The second-order valence-electron chi connectivity index (χ2n) is 5.70. The molecule has 6 nitrogen and oxygen atoms in total. The van der Waals surface area contributed by atoms with Gasteiger partial charge in [-0.25, -0.2) is 8.78 Å². The Morgan fingerprint density at radius 3 is 2.73 bits per heavy atom. The third kappa shape index (κ3) is 4.27. The normalized spacial score (nSPS) is 12.0. The number of nitrogens with zero attached hydrogens (tertiary/aromatic N) is 3. The summed E-state index contributed by atoms with van der Waals surface area (Å²) in [5.74, 6) is -0.912. The maximum Gasteiger partial charge on any atom is 0.227 e. The number of rotatable bonds is 6. The molecule has 1 N–H and O–H groups in total. The summed E-state index contributed by atoms with van der Waals surface area (Å²) in [6.45, 7) is 1.63. The van der Waals surface area contributed by atoms with Crippen LogP contribution < -0.4 is 5.32 Å². The van der Waals surface area contributed by atoms with E-state index in [1.54, 1.807) is 31.5 Å². The zero-order valence-electron chi connectivity index (χ0n) is 13.9. The van der Waals surface area contributed by atoms with E-state index in [0.717, 1.165) is 17.7 Å². The molecule has 26 heavy (non-hydrogen) atoms. The second-order valence-corrected chi connectivity index (χ2v) is 5.70. The molecular weight excluding hydrogens is 342 g/mol. The topological polar surface area (TPSA) is 80.9 Å². The lowest BCUT2D eigenvalue weighted by molar-refractivity contribution is -0.121. The Morgan fingerprint density at radius 1 is 1.23 bits per heavy atom. The molecule has 1 atom stereocenters. The van der Waals surface area contributed by atoms with E-state index in [0.29, 0.717) is 11.7 Å². The molecule has 0 saturated carbocycles. The first-order valence-electron chi connectivity index (χ1n) is 8.00. The van der Waals surface area contributed by atoms with E-state index < -0.39 is 17.7 Å². The van der Waals surface area contributed by atoms with Crippen LogP contribution in [0.25, 0.3) is 11.4 Å². The van der Waals surface area contributed by atoms with E-state index >= 15 is 0 Å². The fourth-order valence-corrected chi connectivity index (χ4v) is 2.44. The molecule has 0 spiro atoms. The summed E-state index contributed by atoms with van der Waals surface area (Å²) in [6, 6.07) is 6.17. The van der Waals surface area contributed by atoms with Gasteiger partial charge < -0.3 is 9.84 Å². The average Bonchev–Trinajstić information content (AvgIpc) is 3.09. The molecule has 3 rings (SSSR count). The van der Waals surface area contributed by atoms with Gasteiger partial charge in [-0.2, -0.15) is 4.98 Å². The summed E-state index contributed by atoms with van der Waals surface area (Å²) in [5, 5.41) is 6.53. The number of nitrogens with one attached hydrogen (secondary N) is 1. The van der Waals surface area contributed by atoms with Gasteiger partial charge in [0.1, 0.15) is 11.6 Å². The van der Waals surface area contributed by atoms with Gasteiger partial charge in [-0.15, -0.1) is 0 Å². The standard InChI is InChI=1S/C18H16F2N4O2/c1-11(14-3-2-13(19)10-15(14)20)22-16(25)4-5-17-23-18(24-26-17)12-6-8-21-9-7-12/h2-3,6-11H,4-5H2,1H3,(H,22,25). The largest absolute Gasteiger partial charge is 0.349 e. The highest BCUT2D eigenvalue weighted by Crippen LogP contribution is 2.18. The minimum atomic E-state index is -0.698. The van der Waals surface area contributed by atoms with Crippen molar-refractivity contribution in [3.05, 3.63) is 65.8 Å². The van der Waals surface area contributed by atoms with Crippen LogP contribution in [0.4, 0.5) is 8.78 Å². The van der Waals surface area contributed by atoms with E-state index in [-0.39, 0.29) is 24.3 Å². The van der Waals surface area contributed by atoms with Gasteiger partial charge >= 0.3 is 0 Å². The number of hydrogen-bond donors (Lipinski definition) is 1. The van der Waals surface area contributed by atoms with Crippen LogP contribution in [0.5, 0.6) is 0 Å². The molecule has 0 aliphatic carbocycles. The van der Waals surface area contributed by atoms with Crippen molar-refractivity contribution >= 4 is 5.91 Å². The summed E-state index contributed by atoms with van der Waals surface area (Å²) in [5.41, 5.74) is 0.984. The summed E-state index contributed by atoms with van der Waals surface area (Å²) in [6.07, 6.45) is 3.59. The number of hydrogen-bond acceptors (Lipinski definition) is 5. The minimum Gasteiger partial charge on any atom is -0.349 e. The first-order valence-corrected chi connectivity index (χ1v) is 8.00. The number of halogens is 2. The Labute approximate surface area is 148 Å². The fourth-order valence-electron chi connectivity index (χ4n) is 2.44. The van der Waals surface area contributed by atoms with Crippen molar-refractivity contribution in [3.8, 4) is 11.4 Å². The van der Waals surface area contributed by atoms with Gasteiger partial charge in [-0.1, -0.05) is 11.2 Å². The Balaban J connectivity index is 1.55. The Hall–Kier alpha value is -3.16. The van der Waals surface area contributed by atoms with Gasteiger partial charge in [0.15, 0.2) is 0 Å². The molecule has 0 radical (unpaired) electrons. The third-order valence-corrected chi connectivity index (χ3v) is 3.78. The molecule has 1 amide bonds. The van der Waals surface area contributed by atoms with E-state index in [4.69, 9.17) is 4.52 Å². The molecule has 134 valence electrons. The van der Waals surface area contributed by atoms with Gasteiger partial charge in [0.25, 0.3) is 0 Å². The average molecular weight is 358 g/mol. The van der Waals surface area contributed by atoms with Crippen LogP contribution in [0.2, 0.25) is 0 Å². The highest BCUT2D eigenvalue weighted by atomic mass is 19.1. The molecule has 0 aliphatic rings. The van der Waals surface area contributed by atoms with Crippen LogP contribution in [-0.4, -0.2) is 21.0 Å². The van der Waals surface area contributed by atoms with E-state index in [1.807, 2.05) is 0 Å². The quantitative estimate of drug-likeness (QED) is 0.732. The molecule has 0 saturated heterocycles. The predicted molar refractivity (Wildman–Crippen MR) is 88.8 cm³/mol. The molecule has 0 aliphatic heterocycles. The number of carbonyl (C=O) groups excluding carboxylic acids is 1. The van der Waals surface area contributed by atoms with Gasteiger partial charge in [0.2, 0.25) is 17.6 Å². The molecule has 2 heterocycles. The first kappa shape index (κ1) is 17.7. The molecular formula is C18H16F2N4O2. The van der Waals surface area contributed by atoms with Crippen molar-refractivity contribution in [3.63, 3.8) is 0 Å². The smallest absolute Gasteiger partial charge is 0.227 e. The van der Waals surface area contributed by atoms with Crippen molar-refractivity contribution < 1.29 is 18.1 Å². The summed E-state index contributed by atoms with van der Waals surface area (Å²) >= 11 is 0. The van der Waals surface area contributed by atoms with Gasteiger partial charge in [0, 0.05) is 42.4 Å². The van der Waals surface area contributed by atoms with Crippen LogP contribution in [0.3, 0.4) is 0 Å². The molecule has 8 heteroatoms. The Morgan fingerprint density at radius 2 is 2.00 bits per heavy atom. The molecule has 2 aromatic heterocycles. The number of aromatic nitrogens is 3. The Bertz CT molecular complexity index is 899. The predicted octanol–water partition coefficient (Wildman–Crippen LogP) is 3.22. The SMILES string of the molecule is CC(NC(=O)CCc1nc(-c2ccncc2)no1)c1ccc(F)cc1F. The van der Waals surface area contributed by atoms with Crippen LogP contribution in [-0.2, 0) is 11.2 Å². The van der Waals surface area contributed by atoms with Crippen LogP contribution in [0.15, 0.2) is 47.2 Å². The number of benzene rings is 1. The van der Waals surface area contributed by atoms with E-state index in [2.05, 4.69) is 20.4 Å². The molecule has 3 aromatic rings. The summed E-state index contributed by atoms with van der Waals surface area (Å²) in [7, 11) is 0. The van der Waals surface area contributed by atoms with Crippen LogP contribution >= 0.6 is 0 Å². The number of carbonyl (C=O) groups is 1. The van der Waals surface area contributed by atoms with Crippen molar-refractivity contribution in [2.24, 2.45) is 0 Å². The fraction of sp³-hybridized carbons (Fsp3) is 0.222. The van der Waals surface area contributed by atoms with E-state index in [9.17, 15) is 13.6 Å². The molecule has 1 unspecified atom stereocenters. The lowest BCUT2D eigenvalue weighted by Gasteiger charge is -2.14. The first-order chi connectivity index (χ1) is 12.5. The van der Waals surface area contributed by atoms with Crippen molar-refractivity contribution in [1.29, 1.82) is 0 Å². The number of pyridine rings is 1. The van der Waals surface area contributed by atoms with Crippen LogP contribution in [0.1, 0.15) is 30.8 Å². The summed E-state index contributed by atoms with van der Waals surface area (Å²) < 4.78 is 31.8. The molecule has 0 fully saturated rings. The number of amides is 1. The highest BCUT2D eigenvalue weighted by Gasteiger charge is 2.15. The Kier molecular flexibility index (Phi) is 5.31. The van der Waals surface area contributed by atoms with Crippen LogP contribution in [0, 0.1) is 11.6 Å². The molecule has 1 aromatic carbocycles. The van der Waals surface area contributed by atoms with Gasteiger partial charge in [-0.05, 0) is 25.1 Å². The highest BCUT2D eigenvalue weighted by molar-refractivity contribution is 5.76. The minimum absolute atomic E-state index is 0.102. The maximum atomic E-state index is 13.7. The molecule has 0 bridgehead atoms. The van der Waals surface area contributed by atoms with Gasteiger partial charge in [0.05, 0.1) is 6.04 Å². The zero-order valence-corrected chi connectivity index (χ0v) is 13.9.